The first kappa shape index (κ1) is 39.8. The minimum absolute atomic E-state index is 0.0268. The molecule has 5 heteroatoms. The zero-order valence-corrected chi connectivity index (χ0v) is 37.8. The van der Waals surface area contributed by atoms with E-state index in [-0.39, 0.29) is 5.92 Å². The highest BCUT2D eigenvalue weighted by atomic mass is 32.1. The molecule has 1 aliphatic rings. The topological polar surface area (TPSA) is 43.6 Å². The summed E-state index contributed by atoms with van der Waals surface area (Å²) in [5.74, 6) is 2.09. The fourth-order valence-corrected chi connectivity index (χ4v) is 11.2. The Kier molecular flexibility index (Phi) is 9.80. The van der Waals surface area contributed by atoms with Crippen molar-refractivity contribution in [1.29, 1.82) is 0 Å². The molecule has 3 aromatic heterocycles. The Labute approximate surface area is 398 Å². The molecule has 9 aromatic carbocycles. The summed E-state index contributed by atoms with van der Waals surface area (Å²) in [4.78, 5) is 15.9. The van der Waals surface area contributed by atoms with Gasteiger partial charge in [0.25, 0.3) is 0 Å². The standard InChI is InChI=1S/C63H42N4S/c1-5-17-41(18-6-1)43-29-33-45(34-30-43)53-39-49(63-65-61(47-21-9-3-10-22-47)64-62(66-63)48-23-11-4-12-24-48)40-54(46-35-31-44(32-36-46)42-19-7-2-8-20-42)59(53)67-55-27-15-13-25-50(55)51-37-38-57-58(60(51)67)52-26-14-16-28-56(52)68-57/h1-23,25-40,48H,24H2. The van der Waals surface area contributed by atoms with Crippen LogP contribution in [0.1, 0.15) is 18.2 Å². The number of aromatic nitrogens is 4. The van der Waals surface area contributed by atoms with Gasteiger partial charge in [0.05, 0.1) is 16.7 Å². The highest BCUT2D eigenvalue weighted by Crippen LogP contribution is 2.48. The number of fused-ring (bicyclic) bond motifs is 7. The summed E-state index contributed by atoms with van der Waals surface area (Å²) >= 11 is 1.86. The van der Waals surface area contributed by atoms with Crippen molar-refractivity contribution in [3.8, 4) is 73.0 Å². The summed E-state index contributed by atoms with van der Waals surface area (Å²) in [7, 11) is 0. The van der Waals surface area contributed by atoms with Crippen LogP contribution < -0.4 is 0 Å². The fourth-order valence-electron chi connectivity index (χ4n) is 10.1. The van der Waals surface area contributed by atoms with Crippen molar-refractivity contribution in [2.24, 2.45) is 0 Å². The molecule has 68 heavy (non-hydrogen) atoms. The highest BCUT2D eigenvalue weighted by Gasteiger charge is 2.26. The van der Waals surface area contributed by atoms with Crippen LogP contribution in [0.4, 0.5) is 0 Å². The molecule has 12 aromatic rings. The Balaban J connectivity index is 1.16. The van der Waals surface area contributed by atoms with Gasteiger partial charge < -0.3 is 4.57 Å². The summed E-state index contributed by atoms with van der Waals surface area (Å²) in [6.45, 7) is 0. The lowest BCUT2D eigenvalue weighted by Gasteiger charge is -2.22. The first-order valence-electron chi connectivity index (χ1n) is 23.2. The predicted octanol–water partition coefficient (Wildman–Crippen LogP) is 16.9. The smallest absolute Gasteiger partial charge is 0.163 e. The molecule has 0 saturated carbocycles. The molecular formula is C63H42N4S. The van der Waals surface area contributed by atoms with Crippen LogP contribution in [-0.4, -0.2) is 19.5 Å². The Hall–Kier alpha value is -8.51. The maximum absolute atomic E-state index is 5.38. The van der Waals surface area contributed by atoms with Crippen LogP contribution in [0, 0.1) is 0 Å². The maximum Gasteiger partial charge on any atom is 0.163 e. The molecule has 4 nitrogen and oxygen atoms in total. The van der Waals surface area contributed by atoms with Gasteiger partial charge in [0.1, 0.15) is 5.82 Å². The molecule has 0 N–H and O–H groups in total. The van der Waals surface area contributed by atoms with Gasteiger partial charge in [0, 0.05) is 59.1 Å². The molecule has 1 atom stereocenters. The van der Waals surface area contributed by atoms with Crippen molar-refractivity contribution in [2.45, 2.75) is 12.3 Å². The van der Waals surface area contributed by atoms with Crippen molar-refractivity contribution in [1.82, 2.24) is 19.5 Å². The minimum atomic E-state index is 0.0268. The van der Waals surface area contributed by atoms with E-state index in [0.717, 1.165) is 68.0 Å². The summed E-state index contributed by atoms with van der Waals surface area (Å²) in [6.07, 6.45) is 9.42. The van der Waals surface area contributed by atoms with E-state index in [2.05, 4.69) is 223 Å². The Morgan fingerprint density at radius 2 is 0.941 bits per heavy atom. The third kappa shape index (κ3) is 6.95. The first-order chi connectivity index (χ1) is 33.7. The van der Waals surface area contributed by atoms with Crippen molar-refractivity contribution in [3.63, 3.8) is 0 Å². The van der Waals surface area contributed by atoms with E-state index in [1.165, 1.54) is 47.6 Å². The van der Waals surface area contributed by atoms with E-state index >= 15 is 0 Å². The van der Waals surface area contributed by atoms with Gasteiger partial charge in [-0.3, -0.25) is 0 Å². The van der Waals surface area contributed by atoms with Gasteiger partial charge in [-0.1, -0.05) is 206 Å². The van der Waals surface area contributed by atoms with Crippen molar-refractivity contribution >= 4 is 53.3 Å². The minimum Gasteiger partial charge on any atom is -0.307 e. The number of nitrogens with zero attached hydrogens (tertiary/aromatic N) is 4. The van der Waals surface area contributed by atoms with E-state index in [1.807, 2.05) is 29.5 Å². The largest absolute Gasteiger partial charge is 0.307 e. The second-order valence-electron chi connectivity index (χ2n) is 17.5. The van der Waals surface area contributed by atoms with Crippen LogP contribution >= 0.6 is 11.3 Å². The number of rotatable bonds is 8. The molecule has 320 valence electrons. The van der Waals surface area contributed by atoms with Gasteiger partial charge in [-0.2, -0.15) is 0 Å². The molecule has 1 unspecified atom stereocenters. The maximum atomic E-state index is 5.38. The fraction of sp³-hybridized carbons (Fsp3) is 0.0317. The molecule has 1 aliphatic carbocycles. The number of allylic oxidation sites excluding steroid dienone is 4. The average Bonchev–Trinajstić information content (AvgIpc) is 3.97. The summed E-state index contributed by atoms with van der Waals surface area (Å²) in [5.41, 5.74) is 14.3. The lowest BCUT2D eigenvalue weighted by Crippen LogP contribution is -2.08. The number of hydrogen-bond acceptors (Lipinski definition) is 4. The number of benzene rings is 9. The monoisotopic (exact) mass is 886 g/mol. The number of thiophene rings is 1. The predicted molar refractivity (Wildman–Crippen MR) is 285 cm³/mol. The molecule has 3 heterocycles. The van der Waals surface area contributed by atoms with Gasteiger partial charge in [0.2, 0.25) is 0 Å². The van der Waals surface area contributed by atoms with E-state index in [4.69, 9.17) is 15.0 Å². The summed E-state index contributed by atoms with van der Waals surface area (Å²) in [6, 6.07) is 76.7. The van der Waals surface area contributed by atoms with Gasteiger partial charge in [-0.15, -0.1) is 11.3 Å². The number of hydrogen-bond donors (Lipinski definition) is 0. The quantitative estimate of drug-likeness (QED) is 0.153. The molecule has 0 radical (unpaired) electrons. The zero-order valence-electron chi connectivity index (χ0n) is 37.0. The van der Waals surface area contributed by atoms with E-state index in [0.29, 0.717) is 11.6 Å². The molecule has 0 amide bonds. The van der Waals surface area contributed by atoms with Crippen molar-refractivity contribution in [3.05, 3.63) is 242 Å². The van der Waals surface area contributed by atoms with E-state index < -0.39 is 0 Å². The Morgan fingerprint density at radius 1 is 0.412 bits per heavy atom. The highest BCUT2D eigenvalue weighted by molar-refractivity contribution is 7.26. The third-order valence-corrected chi connectivity index (χ3v) is 14.5. The van der Waals surface area contributed by atoms with Gasteiger partial charge in [-0.05, 0) is 70.1 Å². The van der Waals surface area contributed by atoms with Crippen LogP contribution in [0.2, 0.25) is 0 Å². The molecule has 0 bridgehead atoms. The first-order valence-corrected chi connectivity index (χ1v) is 24.0. The van der Waals surface area contributed by atoms with Crippen molar-refractivity contribution in [2.75, 3.05) is 0 Å². The summed E-state index contributed by atoms with van der Waals surface area (Å²) in [5, 5.41) is 4.96. The molecule has 0 fully saturated rings. The van der Waals surface area contributed by atoms with Gasteiger partial charge in [-0.25, -0.2) is 15.0 Å². The van der Waals surface area contributed by atoms with Crippen LogP contribution in [0.15, 0.2) is 237 Å². The van der Waals surface area contributed by atoms with E-state index in [9.17, 15) is 0 Å². The van der Waals surface area contributed by atoms with E-state index in [1.54, 1.807) is 0 Å². The normalized spacial score (nSPS) is 13.6. The van der Waals surface area contributed by atoms with Gasteiger partial charge >= 0.3 is 0 Å². The zero-order chi connectivity index (χ0) is 45.0. The SMILES string of the molecule is C1=CCC(c2nc(-c3ccccc3)nc(-c3cc(-c4ccc(-c5ccccc5)cc4)c(-n4c5ccccc5c5ccc6sc7ccccc7c6c54)c(-c4ccc(-c5ccccc5)cc4)c3)n2)C=C1. The molecule has 0 aliphatic heterocycles. The lowest BCUT2D eigenvalue weighted by molar-refractivity contribution is 0.764. The average molecular weight is 887 g/mol. The molecule has 0 spiro atoms. The van der Waals surface area contributed by atoms with Crippen LogP contribution in [0.3, 0.4) is 0 Å². The molecule has 0 saturated heterocycles. The Bertz CT molecular complexity index is 3800. The second-order valence-corrected chi connectivity index (χ2v) is 18.5. The number of para-hydroxylation sites is 1. The van der Waals surface area contributed by atoms with Crippen LogP contribution in [0.5, 0.6) is 0 Å². The Morgan fingerprint density at radius 3 is 1.56 bits per heavy atom. The lowest BCUT2D eigenvalue weighted by atomic mass is 9.91. The molecular weight excluding hydrogens is 845 g/mol. The van der Waals surface area contributed by atoms with Gasteiger partial charge in [0.15, 0.2) is 11.6 Å². The third-order valence-electron chi connectivity index (χ3n) is 13.4. The van der Waals surface area contributed by atoms with Crippen LogP contribution in [-0.2, 0) is 0 Å². The second kappa shape index (κ2) is 16.7. The summed E-state index contributed by atoms with van der Waals surface area (Å²) < 4.78 is 5.10. The van der Waals surface area contributed by atoms with Crippen molar-refractivity contribution < 1.29 is 0 Å². The van der Waals surface area contributed by atoms with Crippen LogP contribution in [0.25, 0.3) is 115 Å². The molecule has 13 rings (SSSR count).